The van der Waals surface area contributed by atoms with Crippen molar-refractivity contribution in [3.63, 3.8) is 0 Å². The Kier molecular flexibility index (Phi) is 6.11. The first-order valence-electron chi connectivity index (χ1n) is 8.56. The molecule has 0 radical (unpaired) electrons. The van der Waals surface area contributed by atoms with Crippen LogP contribution in [0.3, 0.4) is 0 Å². The molecule has 146 valence electrons. The molecule has 8 heteroatoms. The number of benzene rings is 2. The van der Waals surface area contributed by atoms with Crippen molar-refractivity contribution in [2.24, 2.45) is 5.92 Å². The standard InChI is InChI=1S/C20H18Cl2N2O4/c21-11-3-1-5-13(7-11)23-17-9-16(20(27)28)18(10-15(17)19(25)26)24-14-6-2-4-12(22)8-14/h1-8,15,17,23-24H,9-10H2,(H,25,26)(H,27,28). The van der Waals surface area contributed by atoms with Gasteiger partial charge in [0.25, 0.3) is 0 Å². The Morgan fingerprint density at radius 1 is 0.929 bits per heavy atom. The van der Waals surface area contributed by atoms with Gasteiger partial charge in [-0.05, 0) is 36.4 Å². The molecule has 0 aliphatic heterocycles. The maximum absolute atomic E-state index is 11.9. The molecule has 0 saturated carbocycles. The molecular formula is C20H18Cl2N2O4. The first-order chi connectivity index (χ1) is 13.3. The molecule has 6 nitrogen and oxygen atoms in total. The van der Waals surface area contributed by atoms with Gasteiger partial charge >= 0.3 is 11.9 Å². The van der Waals surface area contributed by atoms with Crippen LogP contribution in [0.25, 0.3) is 0 Å². The van der Waals surface area contributed by atoms with Crippen LogP contribution in [0.2, 0.25) is 10.0 Å². The number of carbonyl (C=O) groups is 2. The molecule has 2 atom stereocenters. The van der Waals surface area contributed by atoms with Crippen molar-refractivity contribution in [3.05, 3.63) is 69.8 Å². The number of anilines is 2. The highest BCUT2D eigenvalue weighted by molar-refractivity contribution is 6.31. The normalized spacial score (nSPS) is 19.2. The van der Waals surface area contributed by atoms with Crippen LogP contribution in [-0.2, 0) is 9.59 Å². The molecule has 28 heavy (non-hydrogen) atoms. The van der Waals surface area contributed by atoms with E-state index in [1.54, 1.807) is 48.5 Å². The lowest BCUT2D eigenvalue weighted by molar-refractivity contribution is -0.143. The molecule has 1 aliphatic carbocycles. The smallest absolute Gasteiger partial charge is 0.333 e. The molecule has 2 aromatic carbocycles. The molecule has 3 rings (SSSR count). The number of hydrogen-bond donors (Lipinski definition) is 4. The number of halogens is 2. The molecule has 0 spiro atoms. The first-order valence-corrected chi connectivity index (χ1v) is 9.32. The third-order valence-corrected chi connectivity index (χ3v) is 5.04. The summed E-state index contributed by atoms with van der Waals surface area (Å²) in [5.74, 6) is -2.91. The summed E-state index contributed by atoms with van der Waals surface area (Å²) >= 11 is 12.0. The summed E-state index contributed by atoms with van der Waals surface area (Å²) in [5.41, 5.74) is 1.75. The molecule has 0 fully saturated rings. The number of rotatable bonds is 6. The zero-order valence-corrected chi connectivity index (χ0v) is 16.2. The number of aliphatic carboxylic acids is 2. The van der Waals surface area contributed by atoms with Crippen LogP contribution >= 0.6 is 23.2 Å². The van der Waals surface area contributed by atoms with Crippen molar-refractivity contribution in [2.45, 2.75) is 18.9 Å². The number of hydrogen-bond acceptors (Lipinski definition) is 4. The van der Waals surface area contributed by atoms with Gasteiger partial charge in [-0.3, -0.25) is 4.79 Å². The maximum atomic E-state index is 11.9. The van der Waals surface area contributed by atoms with Crippen molar-refractivity contribution < 1.29 is 19.8 Å². The predicted octanol–water partition coefficient (Wildman–Crippen LogP) is 4.72. The summed E-state index contributed by atoms with van der Waals surface area (Å²) in [5, 5.41) is 26.5. The van der Waals surface area contributed by atoms with E-state index in [0.717, 1.165) is 0 Å². The molecule has 0 heterocycles. The van der Waals surface area contributed by atoms with Gasteiger partial charge in [0.15, 0.2) is 0 Å². The second kappa shape index (κ2) is 8.54. The summed E-state index contributed by atoms with van der Waals surface area (Å²) in [6.07, 6.45) is 0.0867. The molecule has 0 bridgehead atoms. The van der Waals surface area contributed by atoms with E-state index in [2.05, 4.69) is 10.6 Å². The highest BCUT2D eigenvalue weighted by Gasteiger charge is 2.37. The minimum absolute atomic E-state index is 0.0434. The van der Waals surface area contributed by atoms with Crippen LogP contribution in [0.5, 0.6) is 0 Å². The van der Waals surface area contributed by atoms with Crippen LogP contribution in [0.1, 0.15) is 12.8 Å². The van der Waals surface area contributed by atoms with Gasteiger partial charge in [0, 0.05) is 46.0 Å². The largest absolute Gasteiger partial charge is 0.481 e. The summed E-state index contributed by atoms with van der Waals surface area (Å²) in [4.78, 5) is 23.7. The predicted molar refractivity (Wildman–Crippen MR) is 109 cm³/mol. The van der Waals surface area contributed by atoms with Gasteiger partial charge in [0.2, 0.25) is 0 Å². The minimum atomic E-state index is -1.09. The number of allylic oxidation sites excluding steroid dienone is 1. The third kappa shape index (κ3) is 4.77. The fraction of sp³-hybridized carbons (Fsp3) is 0.200. The molecule has 4 N–H and O–H groups in total. The summed E-state index contributed by atoms with van der Waals surface area (Å²) < 4.78 is 0. The average Bonchev–Trinajstić information content (AvgIpc) is 2.62. The molecular weight excluding hydrogens is 403 g/mol. The van der Waals surface area contributed by atoms with Gasteiger partial charge in [-0.1, -0.05) is 35.3 Å². The fourth-order valence-corrected chi connectivity index (χ4v) is 3.64. The number of carboxylic acid groups (broad SMARTS) is 2. The third-order valence-electron chi connectivity index (χ3n) is 4.57. The van der Waals surface area contributed by atoms with E-state index in [1.165, 1.54) is 0 Å². The van der Waals surface area contributed by atoms with E-state index in [9.17, 15) is 19.8 Å². The Hall–Kier alpha value is -2.70. The Labute approximate surface area is 171 Å². The van der Waals surface area contributed by atoms with Gasteiger partial charge < -0.3 is 20.8 Å². The number of carboxylic acids is 2. The summed E-state index contributed by atoms with van der Waals surface area (Å²) in [6.45, 7) is 0. The Morgan fingerprint density at radius 2 is 1.54 bits per heavy atom. The van der Waals surface area contributed by atoms with Crippen molar-refractivity contribution in [1.29, 1.82) is 0 Å². The second-order valence-corrected chi connectivity index (χ2v) is 7.38. The SMILES string of the molecule is O=C(O)C1=C(Nc2cccc(Cl)c2)CC(C(=O)O)C(Nc2cccc(Cl)c2)C1. The monoisotopic (exact) mass is 420 g/mol. The van der Waals surface area contributed by atoms with Crippen molar-refractivity contribution in [1.82, 2.24) is 0 Å². The van der Waals surface area contributed by atoms with Crippen molar-refractivity contribution in [2.75, 3.05) is 10.6 Å². The van der Waals surface area contributed by atoms with Crippen LogP contribution in [0, 0.1) is 5.92 Å². The lowest BCUT2D eigenvalue weighted by Crippen LogP contribution is -2.40. The van der Waals surface area contributed by atoms with E-state index < -0.39 is 23.9 Å². The van der Waals surface area contributed by atoms with Gasteiger partial charge in [0.05, 0.1) is 11.5 Å². The van der Waals surface area contributed by atoms with E-state index in [1.807, 2.05) is 0 Å². The maximum Gasteiger partial charge on any atom is 0.333 e. The highest BCUT2D eigenvalue weighted by Crippen LogP contribution is 2.34. The topological polar surface area (TPSA) is 98.7 Å². The average molecular weight is 421 g/mol. The molecule has 2 unspecified atom stereocenters. The summed E-state index contributed by atoms with van der Waals surface area (Å²) in [7, 11) is 0. The second-order valence-electron chi connectivity index (χ2n) is 6.51. The zero-order valence-electron chi connectivity index (χ0n) is 14.7. The number of nitrogens with one attached hydrogen (secondary N) is 2. The molecule has 0 saturated heterocycles. The van der Waals surface area contributed by atoms with Crippen LogP contribution in [-0.4, -0.2) is 28.2 Å². The van der Waals surface area contributed by atoms with E-state index in [4.69, 9.17) is 23.2 Å². The quantitative estimate of drug-likeness (QED) is 0.539. The van der Waals surface area contributed by atoms with Gasteiger partial charge in [0.1, 0.15) is 0 Å². The fourth-order valence-electron chi connectivity index (χ4n) is 3.26. The lowest BCUT2D eigenvalue weighted by Gasteiger charge is -2.33. The van der Waals surface area contributed by atoms with E-state index in [0.29, 0.717) is 27.1 Å². The van der Waals surface area contributed by atoms with Gasteiger partial charge in [-0.15, -0.1) is 0 Å². The summed E-state index contributed by atoms with van der Waals surface area (Å²) in [6, 6.07) is 13.1. The van der Waals surface area contributed by atoms with Crippen LogP contribution in [0.15, 0.2) is 59.8 Å². The van der Waals surface area contributed by atoms with Crippen LogP contribution in [0.4, 0.5) is 11.4 Å². The molecule has 1 aliphatic rings. The first kappa shape index (κ1) is 20.0. The molecule has 0 aromatic heterocycles. The molecule has 2 aromatic rings. The molecule has 0 amide bonds. The van der Waals surface area contributed by atoms with Crippen molar-refractivity contribution in [3.8, 4) is 0 Å². The van der Waals surface area contributed by atoms with Gasteiger partial charge in [-0.25, -0.2) is 4.79 Å². The highest BCUT2D eigenvalue weighted by atomic mass is 35.5. The Balaban J connectivity index is 1.91. The van der Waals surface area contributed by atoms with E-state index in [-0.39, 0.29) is 18.4 Å². The van der Waals surface area contributed by atoms with Crippen LogP contribution < -0.4 is 10.6 Å². The van der Waals surface area contributed by atoms with Gasteiger partial charge in [-0.2, -0.15) is 0 Å². The Bertz CT molecular complexity index is 945. The lowest BCUT2D eigenvalue weighted by atomic mass is 9.82. The van der Waals surface area contributed by atoms with Crippen molar-refractivity contribution >= 4 is 46.5 Å². The zero-order chi connectivity index (χ0) is 20.3. The Morgan fingerprint density at radius 3 is 2.11 bits per heavy atom. The van der Waals surface area contributed by atoms with E-state index >= 15 is 0 Å². The minimum Gasteiger partial charge on any atom is -0.481 e.